The summed E-state index contributed by atoms with van der Waals surface area (Å²) in [6.07, 6.45) is 1.64. The summed E-state index contributed by atoms with van der Waals surface area (Å²) in [5.74, 6) is -0.658. The zero-order valence-corrected chi connectivity index (χ0v) is 14.7. The van der Waals surface area contributed by atoms with E-state index in [9.17, 15) is 17.6 Å². The molecule has 1 amide bonds. The number of sulfonamides is 1. The fraction of sp³-hybridized carbons (Fsp3) is 0.375. The molecule has 6 nitrogen and oxygen atoms in total. The van der Waals surface area contributed by atoms with Crippen molar-refractivity contribution in [1.29, 1.82) is 0 Å². The number of halogens is 1. The van der Waals surface area contributed by atoms with E-state index in [1.54, 1.807) is 19.1 Å². The number of rotatable bonds is 6. The minimum absolute atomic E-state index is 0.284. The number of fused-ring (bicyclic) bond motifs is 1. The van der Waals surface area contributed by atoms with Crippen LogP contribution in [0.1, 0.15) is 22.5 Å². The highest BCUT2D eigenvalue weighted by Gasteiger charge is 2.13. The summed E-state index contributed by atoms with van der Waals surface area (Å²) in [6.45, 7) is 2.36. The van der Waals surface area contributed by atoms with Gasteiger partial charge in [0, 0.05) is 31.6 Å². The second-order valence-electron chi connectivity index (χ2n) is 5.65. The third-order valence-electron chi connectivity index (χ3n) is 3.72. The molecular formula is C16H20FN3O3S. The van der Waals surface area contributed by atoms with E-state index in [1.807, 2.05) is 0 Å². The number of nitrogens with zero attached hydrogens (tertiary/aromatic N) is 2. The highest BCUT2D eigenvalue weighted by molar-refractivity contribution is 7.88. The Morgan fingerprint density at radius 2 is 2.04 bits per heavy atom. The maximum atomic E-state index is 13.2. The molecule has 0 radical (unpaired) electrons. The van der Waals surface area contributed by atoms with Gasteiger partial charge in [0.25, 0.3) is 5.91 Å². The van der Waals surface area contributed by atoms with Crippen molar-refractivity contribution >= 4 is 26.8 Å². The van der Waals surface area contributed by atoms with Crippen LogP contribution in [0.2, 0.25) is 0 Å². The van der Waals surface area contributed by atoms with Crippen LogP contribution in [0.15, 0.2) is 24.3 Å². The van der Waals surface area contributed by atoms with E-state index in [-0.39, 0.29) is 11.7 Å². The molecule has 0 spiro atoms. The normalized spacial score (nSPS) is 11.9. The summed E-state index contributed by atoms with van der Waals surface area (Å²) in [7, 11) is -1.72. The van der Waals surface area contributed by atoms with Gasteiger partial charge in [-0.2, -0.15) is 0 Å². The average Bonchev–Trinajstić information content (AvgIpc) is 2.49. The van der Waals surface area contributed by atoms with Gasteiger partial charge in [-0.1, -0.05) is 0 Å². The molecule has 1 aromatic carbocycles. The van der Waals surface area contributed by atoms with Gasteiger partial charge in [0.1, 0.15) is 5.82 Å². The lowest BCUT2D eigenvalue weighted by Crippen LogP contribution is -2.31. The van der Waals surface area contributed by atoms with Gasteiger partial charge in [0.2, 0.25) is 10.0 Å². The Kier molecular flexibility index (Phi) is 5.51. The van der Waals surface area contributed by atoms with Crippen molar-refractivity contribution in [3.05, 3.63) is 41.3 Å². The van der Waals surface area contributed by atoms with E-state index in [1.165, 1.54) is 23.5 Å². The first-order chi connectivity index (χ1) is 11.2. The molecule has 2 rings (SSSR count). The van der Waals surface area contributed by atoms with E-state index in [4.69, 9.17) is 0 Å². The summed E-state index contributed by atoms with van der Waals surface area (Å²) in [5.41, 5.74) is 1.43. The minimum Gasteiger partial charge on any atom is -0.352 e. The smallest absolute Gasteiger partial charge is 0.253 e. The van der Waals surface area contributed by atoms with Crippen LogP contribution in [-0.4, -0.2) is 50.0 Å². The predicted molar refractivity (Wildman–Crippen MR) is 90.9 cm³/mol. The van der Waals surface area contributed by atoms with Crippen molar-refractivity contribution < 1.29 is 17.6 Å². The Balaban J connectivity index is 2.01. The molecule has 0 aliphatic heterocycles. The van der Waals surface area contributed by atoms with Crippen LogP contribution >= 0.6 is 0 Å². The van der Waals surface area contributed by atoms with Crippen LogP contribution in [0.3, 0.4) is 0 Å². The van der Waals surface area contributed by atoms with Crippen molar-refractivity contribution in [3.63, 3.8) is 0 Å². The molecule has 0 aliphatic carbocycles. The van der Waals surface area contributed by atoms with E-state index in [0.29, 0.717) is 41.7 Å². The molecule has 0 atom stereocenters. The van der Waals surface area contributed by atoms with Crippen LogP contribution in [0, 0.1) is 12.7 Å². The van der Waals surface area contributed by atoms with Crippen LogP contribution < -0.4 is 5.32 Å². The summed E-state index contributed by atoms with van der Waals surface area (Å²) < 4.78 is 37.0. The highest BCUT2D eigenvalue weighted by Crippen LogP contribution is 2.17. The first kappa shape index (κ1) is 18.3. The molecule has 0 bridgehead atoms. The molecule has 1 aromatic heterocycles. The van der Waals surface area contributed by atoms with Gasteiger partial charge in [0.15, 0.2) is 0 Å². The molecule has 0 unspecified atom stereocenters. The van der Waals surface area contributed by atoms with Gasteiger partial charge in [-0.15, -0.1) is 0 Å². The number of carbonyl (C=O) groups excluding carboxylic acids is 1. The van der Waals surface area contributed by atoms with Crippen molar-refractivity contribution in [3.8, 4) is 0 Å². The SMILES string of the molecule is Cc1nc2cc(F)ccc2cc1C(=O)NCCCN(C)S(C)(=O)=O. The molecule has 0 aliphatic rings. The van der Waals surface area contributed by atoms with Gasteiger partial charge in [-0.05, 0) is 31.5 Å². The zero-order valence-electron chi connectivity index (χ0n) is 13.8. The lowest BCUT2D eigenvalue weighted by Gasteiger charge is -2.14. The summed E-state index contributed by atoms with van der Waals surface area (Å²) in [6, 6.07) is 5.90. The Hall–Kier alpha value is -2.06. The quantitative estimate of drug-likeness (QED) is 0.802. The van der Waals surface area contributed by atoms with Gasteiger partial charge >= 0.3 is 0 Å². The third kappa shape index (κ3) is 4.48. The largest absolute Gasteiger partial charge is 0.352 e. The van der Waals surface area contributed by atoms with E-state index >= 15 is 0 Å². The van der Waals surface area contributed by atoms with Gasteiger partial charge < -0.3 is 5.32 Å². The number of hydrogen-bond donors (Lipinski definition) is 1. The van der Waals surface area contributed by atoms with Crippen molar-refractivity contribution in [2.45, 2.75) is 13.3 Å². The number of carbonyl (C=O) groups is 1. The third-order valence-corrected chi connectivity index (χ3v) is 5.03. The summed E-state index contributed by atoms with van der Waals surface area (Å²) >= 11 is 0. The molecule has 130 valence electrons. The average molecular weight is 353 g/mol. The first-order valence-electron chi connectivity index (χ1n) is 7.45. The Bertz CT molecular complexity index is 868. The van der Waals surface area contributed by atoms with Gasteiger partial charge in [-0.3, -0.25) is 9.78 Å². The number of nitrogens with one attached hydrogen (secondary N) is 1. The number of aromatic nitrogens is 1. The fourth-order valence-electron chi connectivity index (χ4n) is 2.23. The standard InChI is InChI=1S/C16H20FN3O3S/c1-11-14(9-12-5-6-13(17)10-15(12)19-11)16(21)18-7-4-8-20(2)24(3,22)23/h5-6,9-10H,4,7-8H2,1-3H3,(H,18,21). The highest BCUT2D eigenvalue weighted by atomic mass is 32.2. The number of amides is 1. The van der Waals surface area contributed by atoms with Crippen molar-refractivity contribution in [1.82, 2.24) is 14.6 Å². The summed E-state index contributed by atoms with van der Waals surface area (Å²) in [5, 5.41) is 3.43. The molecule has 0 saturated carbocycles. The minimum atomic E-state index is -3.21. The maximum Gasteiger partial charge on any atom is 0.253 e. The molecule has 2 aromatic rings. The first-order valence-corrected chi connectivity index (χ1v) is 9.30. The number of benzene rings is 1. The lowest BCUT2D eigenvalue weighted by atomic mass is 10.1. The molecule has 24 heavy (non-hydrogen) atoms. The molecule has 0 fully saturated rings. The van der Waals surface area contributed by atoms with E-state index in [0.717, 1.165) is 6.26 Å². The second-order valence-corrected chi connectivity index (χ2v) is 7.74. The lowest BCUT2D eigenvalue weighted by molar-refractivity contribution is 0.0952. The van der Waals surface area contributed by atoms with E-state index in [2.05, 4.69) is 10.3 Å². The fourth-order valence-corrected chi connectivity index (χ4v) is 2.69. The molecule has 0 saturated heterocycles. The monoisotopic (exact) mass is 353 g/mol. The van der Waals surface area contributed by atoms with Crippen molar-refractivity contribution in [2.75, 3.05) is 26.4 Å². The van der Waals surface area contributed by atoms with Gasteiger partial charge in [0.05, 0.1) is 23.0 Å². The number of hydrogen-bond acceptors (Lipinski definition) is 4. The van der Waals surface area contributed by atoms with Crippen LogP contribution in [0.5, 0.6) is 0 Å². The van der Waals surface area contributed by atoms with Crippen LogP contribution in [0.25, 0.3) is 10.9 Å². The van der Waals surface area contributed by atoms with E-state index < -0.39 is 10.0 Å². The van der Waals surface area contributed by atoms with Crippen LogP contribution in [-0.2, 0) is 10.0 Å². The zero-order chi connectivity index (χ0) is 17.9. The molecule has 1 N–H and O–H groups in total. The van der Waals surface area contributed by atoms with Crippen LogP contribution in [0.4, 0.5) is 4.39 Å². The van der Waals surface area contributed by atoms with Gasteiger partial charge in [-0.25, -0.2) is 17.1 Å². The summed E-state index contributed by atoms with van der Waals surface area (Å²) in [4.78, 5) is 16.5. The molecule has 1 heterocycles. The molecule has 8 heteroatoms. The number of aryl methyl sites for hydroxylation is 1. The molecular weight excluding hydrogens is 333 g/mol. The second kappa shape index (κ2) is 7.23. The Morgan fingerprint density at radius 3 is 2.71 bits per heavy atom. The van der Waals surface area contributed by atoms with Crippen molar-refractivity contribution in [2.24, 2.45) is 0 Å². The number of pyridine rings is 1. The topological polar surface area (TPSA) is 79.4 Å². The Labute approximate surface area is 140 Å². The Morgan fingerprint density at radius 1 is 1.33 bits per heavy atom. The maximum absolute atomic E-state index is 13.2. The predicted octanol–water partition coefficient (Wildman–Crippen LogP) is 1.69.